The van der Waals surface area contributed by atoms with Crippen LogP contribution in [0.5, 0.6) is 0 Å². The fourth-order valence-corrected chi connectivity index (χ4v) is 2.78. The molecule has 72 valence electrons. The Hall–Kier alpha value is -0.550. The predicted octanol–water partition coefficient (Wildman–Crippen LogP) is 2.90. The Labute approximate surface area is 81.0 Å². The van der Waals surface area contributed by atoms with Gasteiger partial charge in [-0.05, 0) is 25.0 Å². The minimum atomic E-state index is -1.59. The summed E-state index contributed by atoms with van der Waals surface area (Å²) >= 11 is 0. The highest BCUT2D eigenvalue weighted by atomic mass is 31.1. The Kier molecular flexibility index (Phi) is 3.33. The van der Waals surface area contributed by atoms with Crippen LogP contribution in [-0.2, 0) is 4.57 Å². The van der Waals surface area contributed by atoms with Crippen LogP contribution < -0.4 is 5.30 Å². The second kappa shape index (κ2) is 4.11. The van der Waals surface area contributed by atoms with Crippen LogP contribution in [0.2, 0.25) is 0 Å². The zero-order valence-corrected chi connectivity index (χ0v) is 9.72. The lowest BCUT2D eigenvalue weighted by atomic mass is 10.1. The summed E-state index contributed by atoms with van der Waals surface area (Å²) in [5.74, 6) is 0. The van der Waals surface area contributed by atoms with Crippen LogP contribution in [0.1, 0.15) is 25.0 Å². The van der Waals surface area contributed by atoms with Crippen molar-refractivity contribution < 1.29 is 4.57 Å². The largest absolute Gasteiger partial charge is 0.322 e. The number of hydrogen-bond acceptors (Lipinski definition) is 1. The van der Waals surface area contributed by atoms with E-state index >= 15 is 0 Å². The summed E-state index contributed by atoms with van der Waals surface area (Å²) in [5.41, 5.74) is 2.70. The normalized spacial score (nSPS) is 13.3. The van der Waals surface area contributed by atoms with Crippen molar-refractivity contribution in [3.63, 3.8) is 0 Å². The van der Waals surface area contributed by atoms with E-state index in [2.05, 4.69) is 19.9 Å². The summed E-state index contributed by atoms with van der Waals surface area (Å²) in [7, 11) is -1.59. The van der Waals surface area contributed by atoms with Gasteiger partial charge in [0.1, 0.15) is 7.80 Å². The first kappa shape index (κ1) is 10.5. The molecule has 1 aromatic rings. The summed E-state index contributed by atoms with van der Waals surface area (Å²) in [6.45, 7) is 8.15. The molecule has 0 amide bonds. The topological polar surface area (TPSA) is 17.1 Å². The van der Waals surface area contributed by atoms with Crippen LogP contribution >= 0.6 is 7.80 Å². The van der Waals surface area contributed by atoms with Gasteiger partial charge < -0.3 is 4.57 Å². The number of rotatable bonds is 2. The molecule has 1 nitrogen and oxygen atoms in total. The van der Waals surface area contributed by atoms with Gasteiger partial charge in [0.2, 0.25) is 0 Å². The summed E-state index contributed by atoms with van der Waals surface area (Å²) in [4.78, 5) is 0. The number of benzene rings is 1. The molecule has 0 aliphatic heterocycles. The first-order chi connectivity index (χ1) is 6.04. The van der Waals surface area contributed by atoms with Crippen LogP contribution in [0, 0.1) is 13.8 Å². The smallest absolute Gasteiger partial charge is 0.106 e. The van der Waals surface area contributed by atoms with Gasteiger partial charge in [0.25, 0.3) is 0 Å². The molecule has 0 bridgehead atoms. The van der Waals surface area contributed by atoms with Crippen molar-refractivity contribution in [2.75, 3.05) is 0 Å². The zero-order valence-electron chi connectivity index (χ0n) is 8.72. The fourth-order valence-electron chi connectivity index (χ4n) is 1.33. The predicted molar refractivity (Wildman–Crippen MR) is 59.7 cm³/mol. The SMILES string of the molecule is Cc1cccc([PH](=O)C(C)C)c1C. The van der Waals surface area contributed by atoms with Crippen LogP contribution in [0.3, 0.4) is 0 Å². The zero-order chi connectivity index (χ0) is 10.0. The molecule has 1 aromatic carbocycles. The molecule has 0 fully saturated rings. The summed E-state index contributed by atoms with van der Waals surface area (Å²) < 4.78 is 11.9. The molecular weight excluding hydrogens is 179 g/mol. The lowest BCUT2D eigenvalue weighted by molar-refractivity contribution is 0.588. The second-order valence-electron chi connectivity index (χ2n) is 3.77. The van der Waals surface area contributed by atoms with Gasteiger partial charge in [0, 0.05) is 11.0 Å². The lowest BCUT2D eigenvalue weighted by Crippen LogP contribution is -2.07. The Morgan fingerprint density at radius 1 is 1.23 bits per heavy atom. The molecule has 0 aliphatic rings. The second-order valence-corrected chi connectivity index (χ2v) is 6.19. The van der Waals surface area contributed by atoms with Crippen LogP contribution in [-0.4, -0.2) is 5.66 Å². The van der Waals surface area contributed by atoms with Gasteiger partial charge in [-0.25, -0.2) is 0 Å². The fraction of sp³-hybridized carbons (Fsp3) is 0.455. The van der Waals surface area contributed by atoms with Crippen molar-refractivity contribution in [2.24, 2.45) is 0 Å². The summed E-state index contributed by atoms with van der Waals surface area (Å²) in [5, 5.41) is 1.06. The highest BCUT2D eigenvalue weighted by Gasteiger charge is 2.11. The number of aryl methyl sites for hydroxylation is 1. The van der Waals surface area contributed by atoms with E-state index in [9.17, 15) is 4.57 Å². The third-order valence-electron chi connectivity index (χ3n) is 2.39. The van der Waals surface area contributed by atoms with E-state index in [1.165, 1.54) is 11.1 Å². The Morgan fingerprint density at radius 3 is 2.38 bits per heavy atom. The van der Waals surface area contributed by atoms with E-state index in [0.717, 1.165) is 5.30 Å². The molecule has 0 spiro atoms. The van der Waals surface area contributed by atoms with Crippen LogP contribution in [0.4, 0.5) is 0 Å². The van der Waals surface area contributed by atoms with Gasteiger partial charge in [-0.3, -0.25) is 0 Å². The van der Waals surface area contributed by atoms with Crippen molar-refractivity contribution in [1.29, 1.82) is 0 Å². The highest BCUT2D eigenvalue weighted by Crippen LogP contribution is 2.28. The van der Waals surface area contributed by atoms with Gasteiger partial charge in [-0.15, -0.1) is 0 Å². The van der Waals surface area contributed by atoms with Crippen LogP contribution in [0.15, 0.2) is 18.2 Å². The van der Waals surface area contributed by atoms with E-state index in [0.29, 0.717) is 0 Å². The maximum Gasteiger partial charge on any atom is 0.106 e. The van der Waals surface area contributed by atoms with Gasteiger partial charge in [0.05, 0.1) is 0 Å². The molecule has 0 aromatic heterocycles. The third kappa shape index (κ3) is 2.22. The minimum Gasteiger partial charge on any atom is -0.322 e. The molecule has 1 atom stereocenters. The van der Waals surface area contributed by atoms with E-state index in [-0.39, 0.29) is 5.66 Å². The molecule has 13 heavy (non-hydrogen) atoms. The molecule has 0 saturated carbocycles. The average Bonchev–Trinajstić information content (AvgIpc) is 2.08. The van der Waals surface area contributed by atoms with Gasteiger partial charge in [0.15, 0.2) is 0 Å². The average molecular weight is 196 g/mol. The van der Waals surface area contributed by atoms with E-state index < -0.39 is 7.80 Å². The van der Waals surface area contributed by atoms with Crippen molar-refractivity contribution in [2.45, 2.75) is 33.4 Å². The molecule has 0 heterocycles. The molecular formula is C11H17OP. The Balaban J connectivity index is 3.15. The highest BCUT2D eigenvalue weighted by molar-refractivity contribution is 7.54. The van der Waals surface area contributed by atoms with E-state index in [1.807, 2.05) is 26.0 Å². The molecule has 2 heteroatoms. The van der Waals surface area contributed by atoms with E-state index in [4.69, 9.17) is 0 Å². The van der Waals surface area contributed by atoms with Crippen molar-refractivity contribution in [3.05, 3.63) is 29.3 Å². The van der Waals surface area contributed by atoms with Crippen molar-refractivity contribution in [3.8, 4) is 0 Å². The number of hydrogen-bond donors (Lipinski definition) is 0. The summed E-state index contributed by atoms with van der Waals surface area (Å²) in [6, 6.07) is 6.04. The lowest BCUT2D eigenvalue weighted by Gasteiger charge is -2.10. The minimum absolute atomic E-state index is 0.269. The maximum atomic E-state index is 11.9. The van der Waals surface area contributed by atoms with Crippen LogP contribution in [0.25, 0.3) is 0 Å². The first-order valence-electron chi connectivity index (χ1n) is 4.64. The monoisotopic (exact) mass is 196 g/mol. The molecule has 1 unspecified atom stereocenters. The van der Waals surface area contributed by atoms with Gasteiger partial charge >= 0.3 is 0 Å². The first-order valence-corrected chi connectivity index (χ1v) is 6.13. The quantitative estimate of drug-likeness (QED) is 0.665. The van der Waals surface area contributed by atoms with E-state index in [1.54, 1.807) is 0 Å². The summed E-state index contributed by atoms with van der Waals surface area (Å²) in [6.07, 6.45) is 0. The molecule has 0 saturated heterocycles. The standard InChI is InChI=1S/C11H17OP/c1-8(2)13(12)11-7-5-6-9(3)10(11)4/h5-8,13H,1-4H3. The third-order valence-corrected chi connectivity index (χ3v) is 4.52. The molecule has 0 aliphatic carbocycles. The molecule has 0 radical (unpaired) electrons. The van der Waals surface area contributed by atoms with Gasteiger partial charge in [-0.1, -0.05) is 32.0 Å². The Bertz CT molecular complexity index is 329. The maximum absolute atomic E-state index is 11.9. The molecule has 0 N–H and O–H groups in total. The van der Waals surface area contributed by atoms with Crippen molar-refractivity contribution in [1.82, 2.24) is 0 Å². The Morgan fingerprint density at radius 2 is 1.85 bits per heavy atom. The van der Waals surface area contributed by atoms with Crippen molar-refractivity contribution >= 4 is 13.1 Å². The molecule has 1 rings (SSSR count). The van der Waals surface area contributed by atoms with Gasteiger partial charge in [-0.2, -0.15) is 0 Å².